The molecule has 1 unspecified atom stereocenters. The smallest absolute Gasteiger partial charge is 0.457 e. The number of fused-ring (bicyclic) bond motifs is 1. The summed E-state index contributed by atoms with van der Waals surface area (Å²) in [5.74, 6) is -4.88. The van der Waals surface area contributed by atoms with Crippen LogP contribution in [0.1, 0.15) is 17.2 Å². The third-order valence-corrected chi connectivity index (χ3v) is 5.54. The van der Waals surface area contributed by atoms with Crippen LogP contribution in [0.25, 0.3) is 0 Å². The second kappa shape index (κ2) is 6.13. The first-order valence-corrected chi connectivity index (χ1v) is 8.79. The van der Waals surface area contributed by atoms with Gasteiger partial charge in [-0.25, -0.2) is 21.6 Å². The van der Waals surface area contributed by atoms with E-state index in [2.05, 4.69) is 0 Å². The molecule has 0 fully saturated rings. The molecule has 4 nitrogen and oxygen atoms in total. The molecular weight excluding hydrogens is 402 g/mol. The summed E-state index contributed by atoms with van der Waals surface area (Å²) in [6.07, 6.45) is -3.97. The molecule has 0 saturated heterocycles. The van der Waals surface area contributed by atoms with Crippen LogP contribution in [-0.2, 0) is 16.3 Å². The number of aliphatic hydroxyl groups excluding tert-OH is 1. The molecule has 1 atom stereocenters. The molecule has 0 aromatic heterocycles. The van der Waals surface area contributed by atoms with Gasteiger partial charge in [-0.3, -0.25) is 0 Å². The van der Waals surface area contributed by atoms with E-state index in [1.807, 2.05) is 0 Å². The summed E-state index contributed by atoms with van der Waals surface area (Å²) in [6.45, 7) is 0. The normalized spacial score (nSPS) is 19.0. The van der Waals surface area contributed by atoms with Crippen LogP contribution in [-0.4, -0.2) is 25.0 Å². The van der Waals surface area contributed by atoms with Crippen LogP contribution < -0.4 is 4.74 Å². The van der Waals surface area contributed by atoms with Gasteiger partial charge in [-0.05, 0) is 36.4 Å². The minimum absolute atomic E-state index is 0.0188. The van der Waals surface area contributed by atoms with Crippen LogP contribution in [0, 0.1) is 5.82 Å². The Morgan fingerprint density at radius 1 is 1.07 bits per heavy atom. The van der Waals surface area contributed by atoms with E-state index in [9.17, 15) is 39.9 Å². The fraction of sp³-hybridized carbons (Fsp3) is 0.250. The van der Waals surface area contributed by atoms with Crippen molar-refractivity contribution in [3.8, 4) is 11.5 Å². The number of ether oxygens (including phenoxy) is 1. The van der Waals surface area contributed by atoms with Crippen molar-refractivity contribution in [1.29, 1.82) is 0 Å². The van der Waals surface area contributed by atoms with E-state index in [0.29, 0.717) is 6.07 Å². The minimum Gasteiger partial charge on any atom is -0.457 e. The van der Waals surface area contributed by atoms with Gasteiger partial charge in [-0.15, -0.1) is 0 Å². The Hall–Kier alpha value is -2.27. The van der Waals surface area contributed by atoms with E-state index in [1.54, 1.807) is 0 Å². The van der Waals surface area contributed by atoms with E-state index in [0.717, 1.165) is 30.3 Å². The van der Waals surface area contributed by atoms with Gasteiger partial charge in [-0.2, -0.15) is 13.2 Å². The molecule has 0 spiro atoms. The number of sulfone groups is 1. The van der Waals surface area contributed by atoms with Gasteiger partial charge in [0.1, 0.15) is 23.4 Å². The zero-order chi connectivity index (χ0) is 20.2. The number of hydrogen-bond donors (Lipinski definition) is 1. The average Bonchev–Trinajstić information content (AvgIpc) is 2.79. The van der Waals surface area contributed by atoms with E-state index >= 15 is 0 Å². The second-order valence-electron chi connectivity index (χ2n) is 5.80. The Morgan fingerprint density at radius 3 is 2.22 bits per heavy atom. The highest BCUT2D eigenvalue weighted by Gasteiger charge is 2.55. The standard InChI is InChI=1S/C16H10F6O4S/c17-8-1-3-9(4-2-8)26-11-5-6-12(27(24,25)16(20,21)22)13-10(11)7-15(18,19)14(13)23/h1-6,14,23H,7H2. The van der Waals surface area contributed by atoms with Crippen molar-refractivity contribution in [1.82, 2.24) is 0 Å². The van der Waals surface area contributed by atoms with Crippen molar-refractivity contribution in [3.05, 3.63) is 53.3 Å². The fourth-order valence-electron chi connectivity index (χ4n) is 2.73. The topological polar surface area (TPSA) is 63.6 Å². The molecule has 0 saturated carbocycles. The first-order chi connectivity index (χ1) is 12.3. The molecule has 0 radical (unpaired) electrons. The van der Waals surface area contributed by atoms with Gasteiger partial charge >= 0.3 is 5.51 Å². The summed E-state index contributed by atoms with van der Waals surface area (Å²) in [6, 6.07) is 5.53. The van der Waals surface area contributed by atoms with Crippen molar-refractivity contribution >= 4 is 9.84 Å². The van der Waals surface area contributed by atoms with Crippen LogP contribution in [0.15, 0.2) is 41.3 Å². The first-order valence-electron chi connectivity index (χ1n) is 7.31. The molecule has 3 rings (SSSR count). The van der Waals surface area contributed by atoms with Crippen molar-refractivity contribution < 1.29 is 44.6 Å². The van der Waals surface area contributed by atoms with Gasteiger partial charge in [0.2, 0.25) is 0 Å². The molecule has 2 aromatic rings. The maximum absolute atomic E-state index is 13.9. The lowest BCUT2D eigenvalue weighted by atomic mass is 10.1. The first kappa shape index (κ1) is 19.5. The predicted molar refractivity (Wildman–Crippen MR) is 79.8 cm³/mol. The molecule has 11 heteroatoms. The Kier molecular flexibility index (Phi) is 4.42. The summed E-state index contributed by atoms with van der Waals surface area (Å²) in [4.78, 5) is -1.46. The highest BCUT2D eigenvalue weighted by atomic mass is 32.2. The molecule has 27 heavy (non-hydrogen) atoms. The fourth-order valence-corrected chi connectivity index (χ4v) is 3.75. The summed E-state index contributed by atoms with van der Waals surface area (Å²) < 4.78 is 108. The summed E-state index contributed by atoms with van der Waals surface area (Å²) in [7, 11) is -5.98. The SMILES string of the molecule is O=S(=O)(c1ccc(Oc2ccc(F)cc2)c2c1C(O)C(F)(F)C2)C(F)(F)F. The highest BCUT2D eigenvalue weighted by Crippen LogP contribution is 2.51. The molecule has 146 valence electrons. The Bertz CT molecular complexity index is 983. The minimum atomic E-state index is -5.98. The van der Waals surface area contributed by atoms with Crippen LogP contribution in [0.2, 0.25) is 0 Å². The van der Waals surface area contributed by atoms with Crippen molar-refractivity contribution in [3.63, 3.8) is 0 Å². The van der Waals surface area contributed by atoms with Crippen LogP contribution in [0.5, 0.6) is 11.5 Å². The molecular formula is C16H10F6O4S. The maximum Gasteiger partial charge on any atom is 0.501 e. The molecule has 1 N–H and O–H groups in total. The Labute approximate surface area is 148 Å². The van der Waals surface area contributed by atoms with Gasteiger partial charge in [-0.1, -0.05) is 0 Å². The van der Waals surface area contributed by atoms with Gasteiger partial charge in [0, 0.05) is 17.5 Å². The Balaban J connectivity index is 2.17. The number of hydrogen-bond acceptors (Lipinski definition) is 4. The van der Waals surface area contributed by atoms with Crippen LogP contribution >= 0.6 is 0 Å². The largest absolute Gasteiger partial charge is 0.501 e. The highest BCUT2D eigenvalue weighted by molar-refractivity contribution is 7.92. The average molecular weight is 412 g/mol. The summed E-state index contributed by atoms with van der Waals surface area (Å²) in [5, 5.41) is 9.76. The molecule has 1 aliphatic rings. The zero-order valence-corrected chi connectivity index (χ0v) is 13.9. The molecule has 2 aromatic carbocycles. The third kappa shape index (κ3) is 3.25. The van der Waals surface area contributed by atoms with Gasteiger partial charge < -0.3 is 9.84 Å². The molecule has 0 heterocycles. The van der Waals surface area contributed by atoms with Crippen molar-refractivity contribution in [2.75, 3.05) is 0 Å². The Morgan fingerprint density at radius 2 is 1.67 bits per heavy atom. The lowest BCUT2D eigenvalue weighted by Crippen LogP contribution is -2.26. The summed E-state index contributed by atoms with van der Waals surface area (Å²) >= 11 is 0. The molecule has 0 amide bonds. The lowest BCUT2D eigenvalue weighted by molar-refractivity contribution is -0.0978. The van der Waals surface area contributed by atoms with Gasteiger partial charge in [0.25, 0.3) is 15.8 Å². The molecule has 1 aliphatic carbocycles. The van der Waals surface area contributed by atoms with Crippen LogP contribution in [0.4, 0.5) is 26.3 Å². The number of halogens is 6. The molecule has 0 bridgehead atoms. The van der Waals surface area contributed by atoms with Gasteiger partial charge in [0.15, 0.2) is 0 Å². The van der Waals surface area contributed by atoms with E-state index < -0.39 is 55.6 Å². The van der Waals surface area contributed by atoms with E-state index in [1.165, 1.54) is 0 Å². The lowest BCUT2D eigenvalue weighted by Gasteiger charge is -2.17. The van der Waals surface area contributed by atoms with Gasteiger partial charge in [0.05, 0.1) is 4.90 Å². The number of benzene rings is 2. The van der Waals surface area contributed by atoms with E-state index in [4.69, 9.17) is 4.74 Å². The summed E-state index contributed by atoms with van der Waals surface area (Å²) in [5.41, 5.74) is -7.36. The third-order valence-electron chi connectivity index (χ3n) is 4.00. The monoisotopic (exact) mass is 412 g/mol. The number of alkyl halides is 5. The maximum atomic E-state index is 13.9. The quantitative estimate of drug-likeness (QED) is 0.770. The van der Waals surface area contributed by atoms with Crippen molar-refractivity contribution in [2.45, 2.75) is 28.9 Å². The molecule has 0 aliphatic heterocycles. The van der Waals surface area contributed by atoms with Crippen LogP contribution in [0.3, 0.4) is 0 Å². The van der Waals surface area contributed by atoms with E-state index in [-0.39, 0.29) is 11.5 Å². The number of rotatable bonds is 3. The number of aliphatic hydroxyl groups is 1. The zero-order valence-electron chi connectivity index (χ0n) is 13.1. The second-order valence-corrected chi connectivity index (χ2v) is 7.71. The van der Waals surface area contributed by atoms with Crippen molar-refractivity contribution in [2.24, 2.45) is 0 Å². The predicted octanol–water partition coefficient (Wildman–Crippen LogP) is 4.14.